The summed E-state index contributed by atoms with van der Waals surface area (Å²) in [6.07, 6.45) is 0.714. The molecule has 2 aromatic carbocycles. The summed E-state index contributed by atoms with van der Waals surface area (Å²) in [6.45, 7) is 7.47. The van der Waals surface area contributed by atoms with Crippen molar-refractivity contribution in [3.05, 3.63) is 53.6 Å². The van der Waals surface area contributed by atoms with Crippen molar-refractivity contribution in [1.29, 1.82) is 0 Å². The average Bonchev–Trinajstić information content (AvgIpc) is 2.55. The van der Waals surface area contributed by atoms with Gasteiger partial charge >= 0.3 is 0 Å². The molecule has 25 heavy (non-hydrogen) atoms. The maximum atomic E-state index is 12.7. The summed E-state index contributed by atoms with van der Waals surface area (Å²) in [5.74, 6) is -0.114. The van der Waals surface area contributed by atoms with Gasteiger partial charge in [0.1, 0.15) is 0 Å². The van der Waals surface area contributed by atoms with E-state index in [1.165, 1.54) is 18.7 Å². The van der Waals surface area contributed by atoms with E-state index in [1.54, 1.807) is 0 Å². The molecule has 2 N–H and O–H groups in total. The Morgan fingerprint density at radius 1 is 1.04 bits per heavy atom. The molecule has 2 aromatic rings. The Balaban J connectivity index is 2.11. The van der Waals surface area contributed by atoms with Gasteiger partial charge in [-0.05, 0) is 49.6 Å². The lowest BCUT2D eigenvalue weighted by Gasteiger charge is -2.17. The number of rotatable bonds is 6. The monoisotopic (exact) mass is 356 g/mol. The minimum Gasteiger partial charge on any atom is -0.326 e. The molecule has 4 nitrogen and oxygen atoms in total. The number of aryl methyl sites for hydroxylation is 2. The molecule has 0 spiro atoms. The second-order valence-corrected chi connectivity index (χ2v) is 7.26. The van der Waals surface area contributed by atoms with E-state index >= 15 is 0 Å². The lowest BCUT2D eigenvalue weighted by Crippen LogP contribution is -2.25. The Morgan fingerprint density at radius 2 is 1.68 bits per heavy atom. The minimum atomic E-state index is -0.202. The number of carbonyl (C=O) groups excluding carboxylic acids is 2. The number of anilines is 2. The molecule has 0 radical (unpaired) electrons. The van der Waals surface area contributed by atoms with Gasteiger partial charge in [0.25, 0.3) is 0 Å². The summed E-state index contributed by atoms with van der Waals surface area (Å²) in [5.41, 5.74) is 3.74. The maximum absolute atomic E-state index is 12.7. The van der Waals surface area contributed by atoms with Gasteiger partial charge in [0.05, 0.1) is 5.25 Å². The van der Waals surface area contributed by atoms with Crippen molar-refractivity contribution in [1.82, 2.24) is 0 Å². The van der Waals surface area contributed by atoms with Crippen LogP contribution in [0.25, 0.3) is 0 Å². The second kappa shape index (κ2) is 8.72. The molecular weight excluding hydrogens is 332 g/mol. The van der Waals surface area contributed by atoms with E-state index in [9.17, 15) is 9.59 Å². The van der Waals surface area contributed by atoms with Crippen molar-refractivity contribution in [3.8, 4) is 0 Å². The molecule has 0 fully saturated rings. The molecule has 0 saturated heterocycles. The molecule has 0 aliphatic rings. The van der Waals surface area contributed by atoms with Crippen LogP contribution in [0.1, 0.15) is 31.4 Å². The Bertz CT molecular complexity index is 754. The summed E-state index contributed by atoms with van der Waals surface area (Å²) in [6, 6.07) is 13.5. The first-order valence-electron chi connectivity index (χ1n) is 8.32. The van der Waals surface area contributed by atoms with Gasteiger partial charge in [-0.3, -0.25) is 9.59 Å². The van der Waals surface area contributed by atoms with Crippen molar-refractivity contribution >= 4 is 35.0 Å². The number of benzene rings is 2. The normalized spacial score (nSPS) is 11.7. The fraction of sp³-hybridized carbons (Fsp3) is 0.300. The zero-order valence-electron chi connectivity index (χ0n) is 15.1. The molecule has 0 saturated carbocycles. The van der Waals surface area contributed by atoms with E-state index in [-0.39, 0.29) is 17.1 Å². The highest BCUT2D eigenvalue weighted by molar-refractivity contribution is 8.00. The molecular formula is C20H24N2O2S. The van der Waals surface area contributed by atoms with Crippen LogP contribution >= 0.6 is 11.8 Å². The standard InChI is InChI=1S/C20H24N2O2S/c1-5-18(20(24)22-19-13(2)8-6-9-14(19)3)25-17-11-7-10-16(12-17)21-15(4)23/h6-12,18H,5H2,1-4H3,(H,21,23)(H,22,24). The summed E-state index contributed by atoms with van der Waals surface area (Å²) in [4.78, 5) is 24.9. The van der Waals surface area contributed by atoms with Crippen molar-refractivity contribution in [2.75, 3.05) is 10.6 Å². The van der Waals surface area contributed by atoms with E-state index in [0.29, 0.717) is 6.42 Å². The summed E-state index contributed by atoms with van der Waals surface area (Å²) in [7, 11) is 0. The van der Waals surface area contributed by atoms with E-state index in [4.69, 9.17) is 0 Å². The van der Waals surface area contributed by atoms with Crippen LogP contribution in [0.5, 0.6) is 0 Å². The maximum Gasteiger partial charge on any atom is 0.237 e. The first kappa shape index (κ1) is 19.1. The Labute approximate surface area is 153 Å². The lowest BCUT2D eigenvalue weighted by molar-refractivity contribution is -0.116. The van der Waals surface area contributed by atoms with Crippen molar-refractivity contribution in [3.63, 3.8) is 0 Å². The number of para-hydroxylation sites is 1. The van der Waals surface area contributed by atoms with Gasteiger partial charge in [-0.1, -0.05) is 31.2 Å². The molecule has 0 heterocycles. The Hall–Kier alpha value is -2.27. The molecule has 0 bridgehead atoms. The van der Waals surface area contributed by atoms with Crippen LogP contribution in [0.15, 0.2) is 47.4 Å². The van der Waals surface area contributed by atoms with Gasteiger partial charge in [-0.25, -0.2) is 0 Å². The van der Waals surface area contributed by atoms with Gasteiger partial charge in [0, 0.05) is 23.2 Å². The van der Waals surface area contributed by atoms with Crippen LogP contribution < -0.4 is 10.6 Å². The topological polar surface area (TPSA) is 58.2 Å². The fourth-order valence-corrected chi connectivity index (χ4v) is 3.57. The van der Waals surface area contributed by atoms with Gasteiger partial charge in [-0.15, -0.1) is 11.8 Å². The highest BCUT2D eigenvalue weighted by Crippen LogP contribution is 2.29. The first-order chi connectivity index (χ1) is 11.9. The smallest absolute Gasteiger partial charge is 0.237 e. The second-order valence-electron chi connectivity index (χ2n) is 5.98. The third kappa shape index (κ3) is 5.36. The molecule has 132 valence electrons. The summed E-state index contributed by atoms with van der Waals surface area (Å²) in [5, 5.41) is 5.63. The number of hydrogen-bond donors (Lipinski definition) is 2. The third-order valence-electron chi connectivity index (χ3n) is 3.83. The number of carbonyl (C=O) groups is 2. The molecule has 5 heteroatoms. The van der Waals surface area contributed by atoms with Crippen molar-refractivity contribution in [2.24, 2.45) is 0 Å². The quantitative estimate of drug-likeness (QED) is 0.733. The van der Waals surface area contributed by atoms with Gasteiger partial charge in [0.15, 0.2) is 0 Å². The van der Waals surface area contributed by atoms with Crippen LogP contribution in [0.2, 0.25) is 0 Å². The fourth-order valence-electron chi connectivity index (χ4n) is 2.55. The van der Waals surface area contributed by atoms with Crippen LogP contribution in [0, 0.1) is 13.8 Å². The highest BCUT2D eigenvalue weighted by atomic mass is 32.2. The van der Waals surface area contributed by atoms with Crippen molar-refractivity contribution in [2.45, 2.75) is 44.3 Å². The molecule has 2 amide bonds. The van der Waals surface area contributed by atoms with Crippen LogP contribution in [0.3, 0.4) is 0 Å². The van der Waals surface area contributed by atoms with Crippen LogP contribution in [0.4, 0.5) is 11.4 Å². The SMILES string of the molecule is CCC(Sc1cccc(NC(C)=O)c1)C(=O)Nc1c(C)cccc1C. The van der Waals surface area contributed by atoms with E-state index in [1.807, 2.05) is 63.2 Å². The molecule has 1 atom stereocenters. The summed E-state index contributed by atoms with van der Waals surface area (Å²) >= 11 is 1.51. The molecule has 0 aromatic heterocycles. The number of hydrogen-bond acceptors (Lipinski definition) is 3. The summed E-state index contributed by atoms with van der Waals surface area (Å²) < 4.78 is 0. The number of amides is 2. The average molecular weight is 356 g/mol. The van der Waals surface area contributed by atoms with Crippen molar-refractivity contribution < 1.29 is 9.59 Å². The Morgan fingerprint density at radius 3 is 2.28 bits per heavy atom. The van der Waals surface area contributed by atoms with Crippen LogP contribution in [-0.2, 0) is 9.59 Å². The van der Waals surface area contributed by atoms with Gasteiger partial charge in [-0.2, -0.15) is 0 Å². The third-order valence-corrected chi connectivity index (χ3v) is 5.18. The largest absolute Gasteiger partial charge is 0.326 e. The van der Waals surface area contributed by atoms with E-state index in [0.717, 1.165) is 27.4 Å². The van der Waals surface area contributed by atoms with Crippen LogP contribution in [-0.4, -0.2) is 17.1 Å². The van der Waals surface area contributed by atoms with Gasteiger partial charge in [0.2, 0.25) is 11.8 Å². The number of nitrogens with one attached hydrogen (secondary N) is 2. The zero-order valence-corrected chi connectivity index (χ0v) is 15.9. The van der Waals surface area contributed by atoms with E-state index in [2.05, 4.69) is 10.6 Å². The first-order valence-corrected chi connectivity index (χ1v) is 9.20. The molecule has 1 unspecified atom stereocenters. The number of thioether (sulfide) groups is 1. The lowest BCUT2D eigenvalue weighted by atomic mass is 10.1. The van der Waals surface area contributed by atoms with Gasteiger partial charge < -0.3 is 10.6 Å². The molecule has 0 aliphatic heterocycles. The minimum absolute atomic E-state index is 0.00479. The predicted molar refractivity (Wildman–Crippen MR) is 105 cm³/mol. The molecule has 2 rings (SSSR count). The zero-order chi connectivity index (χ0) is 18.4. The predicted octanol–water partition coefficient (Wildman–Crippen LogP) is 4.77. The Kier molecular flexibility index (Phi) is 6.65. The van der Waals surface area contributed by atoms with E-state index < -0.39 is 0 Å². The molecule has 0 aliphatic carbocycles. The highest BCUT2D eigenvalue weighted by Gasteiger charge is 2.19.